The van der Waals surface area contributed by atoms with Crippen LogP contribution in [0.3, 0.4) is 0 Å². The van der Waals surface area contributed by atoms with Crippen LogP contribution in [-0.4, -0.2) is 0 Å². The molecule has 1 aromatic rings. The van der Waals surface area contributed by atoms with E-state index in [-0.39, 0.29) is 0 Å². The van der Waals surface area contributed by atoms with E-state index in [4.69, 9.17) is 0 Å². The van der Waals surface area contributed by atoms with E-state index in [2.05, 4.69) is 70.0 Å². The van der Waals surface area contributed by atoms with Gasteiger partial charge in [-0.1, -0.05) is 18.7 Å². The van der Waals surface area contributed by atoms with Gasteiger partial charge in [-0.15, -0.1) is 0 Å². The quantitative estimate of drug-likeness (QED) is 0.676. The van der Waals surface area contributed by atoms with Crippen LogP contribution >= 0.6 is 45.2 Å². The second-order valence-corrected chi connectivity index (χ2v) is 4.20. The second-order valence-electron chi connectivity index (χ2n) is 1.88. The van der Waals surface area contributed by atoms with Gasteiger partial charge in [-0.2, -0.15) is 0 Å². The van der Waals surface area contributed by atoms with E-state index in [9.17, 15) is 0 Å². The molecule has 0 nitrogen and oxygen atoms in total. The molecule has 0 aliphatic heterocycles. The molecule has 0 aromatic heterocycles. The van der Waals surface area contributed by atoms with Crippen LogP contribution in [-0.2, 0) is 0 Å². The third-order valence-corrected chi connectivity index (χ3v) is 4.04. The maximum Gasteiger partial charge on any atom is 0.0269 e. The van der Waals surface area contributed by atoms with Crippen molar-refractivity contribution in [2.75, 3.05) is 0 Å². The van der Waals surface area contributed by atoms with Crippen LogP contribution in [0.1, 0.15) is 5.56 Å². The molecule has 52 valence electrons. The minimum absolute atomic E-state index is 1.19. The summed E-state index contributed by atoms with van der Waals surface area (Å²) < 4.78 is 2.58. The van der Waals surface area contributed by atoms with Gasteiger partial charge in [-0.05, 0) is 62.9 Å². The molecule has 0 bridgehead atoms. The van der Waals surface area contributed by atoms with Crippen molar-refractivity contribution < 1.29 is 0 Å². The van der Waals surface area contributed by atoms with Gasteiger partial charge in [0, 0.05) is 7.14 Å². The average molecular weight is 356 g/mol. The third kappa shape index (κ3) is 1.95. The molecule has 1 rings (SSSR count). The van der Waals surface area contributed by atoms with E-state index < -0.39 is 0 Å². The fraction of sp³-hybridized carbons (Fsp3) is 0. The Morgan fingerprint density at radius 2 is 1.90 bits per heavy atom. The highest BCUT2D eigenvalue weighted by Crippen LogP contribution is 2.16. The summed E-state index contributed by atoms with van der Waals surface area (Å²) in [6, 6.07) is 6.28. The predicted molar refractivity (Wildman–Crippen MR) is 62.0 cm³/mol. The normalized spacial score (nSPS) is 9.40. The van der Waals surface area contributed by atoms with Gasteiger partial charge in [-0.25, -0.2) is 0 Å². The molecule has 1 aromatic carbocycles. The maximum absolute atomic E-state index is 3.70. The Balaban J connectivity index is 3.16. The fourth-order valence-corrected chi connectivity index (χ4v) is 1.51. The first-order chi connectivity index (χ1) is 4.74. The molecule has 10 heavy (non-hydrogen) atoms. The van der Waals surface area contributed by atoms with Crippen molar-refractivity contribution in [3.05, 3.63) is 37.5 Å². The summed E-state index contributed by atoms with van der Waals surface area (Å²) in [5, 5.41) is 0. The Bertz CT molecular complexity index is 253. The first-order valence-corrected chi connectivity index (χ1v) is 4.97. The average Bonchev–Trinajstić information content (AvgIpc) is 1.95. The van der Waals surface area contributed by atoms with Gasteiger partial charge in [0.15, 0.2) is 0 Å². The van der Waals surface area contributed by atoms with Crippen molar-refractivity contribution in [1.29, 1.82) is 0 Å². The number of rotatable bonds is 1. The van der Waals surface area contributed by atoms with Crippen molar-refractivity contribution in [3.63, 3.8) is 0 Å². The topological polar surface area (TPSA) is 0 Å². The van der Waals surface area contributed by atoms with Crippen LogP contribution < -0.4 is 0 Å². The minimum atomic E-state index is 1.19. The highest BCUT2D eigenvalue weighted by atomic mass is 127. The molecule has 0 radical (unpaired) electrons. The lowest BCUT2D eigenvalue weighted by Crippen LogP contribution is -1.79. The minimum Gasteiger partial charge on any atom is -0.0985 e. The van der Waals surface area contributed by atoms with E-state index in [0.29, 0.717) is 0 Å². The monoisotopic (exact) mass is 356 g/mol. The number of halogens is 2. The SMILES string of the molecule is C=Cc1ccc(I)c(I)c1. The summed E-state index contributed by atoms with van der Waals surface area (Å²) in [6.45, 7) is 3.70. The molecule has 0 heterocycles. The molecular weight excluding hydrogens is 350 g/mol. The molecule has 2 heteroatoms. The lowest BCUT2D eigenvalue weighted by molar-refractivity contribution is 1.55. The molecule has 0 amide bonds. The van der Waals surface area contributed by atoms with Gasteiger partial charge >= 0.3 is 0 Å². The lowest BCUT2D eigenvalue weighted by atomic mass is 10.2. The summed E-state index contributed by atoms with van der Waals surface area (Å²) in [6.07, 6.45) is 1.86. The Morgan fingerprint density at radius 1 is 1.20 bits per heavy atom. The Kier molecular flexibility index (Phi) is 3.16. The van der Waals surface area contributed by atoms with E-state index in [0.717, 1.165) is 0 Å². The fourth-order valence-electron chi connectivity index (χ4n) is 0.639. The van der Waals surface area contributed by atoms with Crippen LogP contribution in [0.5, 0.6) is 0 Å². The summed E-state index contributed by atoms with van der Waals surface area (Å²) in [7, 11) is 0. The zero-order chi connectivity index (χ0) is 7.56. The van der Waals surface area contributed by atoms with Crippen LogP contribution in [0, 0.1) is 7.14 Å². The van der Waals surface area contributed by atoms with E-state index in [1.807, 2.05) is 6.08 Å². The van der Waals surface area contributed by atoms with Crippen LogP contribution in [0.25, 0.3) is 6.08 Å². The molecule has 0 spiro atoms. The number of hydrogen-bond acceptors (Lipinski definition) is 0. The molecule has 0 saturated carbocycles. The first kappa shape index (κ1) is 8.52. The highest BCUT2D eigenvalue weighted by Gasteiger charge is 1.93. The molecule has 0 atom stereocenters. The van der Waals surface area contributed by atoms with Crippen LogP contribution in [0.15, 0.2) is 24.8 Å². The number of benzene rings is 1. The molecular formula is C8H6I2. The molecule has 0 saturated heterocycles. The van der Waals surface area contributed by atoms with Crippen LogP contribution in [0.4, 0.5) is 0 Å². The van der Waals surface area contributed by atoms with Gasteiger partial charge in [0.1, 0.15) is 0 Å². The third-order valence-electron chi connectivity index (χ3n) is 1.18. The summed E-state index contributed by atoms with van der Waals surface area (Å²) >= 11 is 4.63. The van der Waals surface area contributed by atoms with Crippen molar-refractivity contribution in [3.8, 4) is 0 Å². The summed E-state index contributed by atoms with van der Waals surface area (Å²) in [5.41, 5.74) is 1.19. The maximum atomic E-state index is 3.70. The molecule has 0 aliphatic carbocycles. The first-order valence-electron chi connectivity index (χ1n) is 2.81. The standard InChI is InChI=1S/C8H6I2/c1-2-6-3-4-7(9)8(10)5-6/h2-5H,1H2. The van der Waals surface area contributed by atoms with Gasteiger partial charge in [0.25, 0.3) is 0 Å². The van der Waals surface area contributed by atoms with Crippen molar-refractivity contribution in [1.82, 2.24) is 0 Å². The van der Waals surface area contributed by atoms with Gasteiger partial charge < -0.3 is 0 Å². The molecule has 0 aliphatic rings. The van der Waals surface area contributed by atoms with Crippen molar-refractivity contribution in [2.45, 2.75) is 0 Å². The predicted octanol–water partition coefficient (Wildman–Crippen LogP) is 3.54. The zero-order valence-corrected chi connectivity index (χ0v) is 9.59. The summed E-state index contributed by atoms with van der Waals surface area (Å²) in [4.78, 5) is 0. The molecule has 0 unspecified atom stereocenters. The van der Waals surface area contributed by atoms with E-state index in [1.165, 1.54) is 12.7 Å². The van der Waals surface area contributed by atoms with Crippen molar-refractivity contribution in [2.24, 2.45) is 0 Å². The van der Waals surface area contributed by atoms with E-state index >= 15 is 0 Å². The lowest BCUT2D eigenvalue weighted by Gasteiger charge is -1.96. The smallest absolute Gasteiger partial charge is 0.0269 e. The highest BCUT2D eigenvalue weighted by molar-refractivity contribution is 14.1. The van der Waals surface area contributed by atoms with E-state index in [1.54, 1.807) is 0 Å². The Labute approximate surface area is 88.0 Å². The van der Waals surface area contributed by atoms with Gasteiger partial charge in [0.05, 0.1) is 0 Å². The second kappa shape index (κ2) is 3.71. The zero-order valence-electron chi connectivity index (χ0n) is 5.27. The van der Waals surface area contributed by atoms with Gasteiger partial charge in [-0.3, -0.25) is 0 Å². The molecule has 0 fully saturated rings. The number of hydrogen-bond donors (Lipinski definition) is 0. The van der Waals surface area contributed by atoms with Crippen LogP contribution in [0.2, 0.25) is 0 Å². The summed E-state index contributed by atoms with van der Waals surface area (Å²) in [5.74, 6) is 0. The van der Waals surface area contributed by atoms with Gasteiger partial charge in [0.2, 0.25) is 0 Å². The Hall–Kier alpha value is 0.420. The molecule has 0 N–H and O–H groups in total. The van der Waals surface area contributed by atoms with Crippen molar-refractivity contribution >= 4 is 51.3 Å². The Morgan fingerprint density at radius 3 is 2.40 bits per heavy atom. The largest absolute Gasteiger partial charge is 0.0985 e.